The van der Waals surface area contributed by atoms with Gasteiger partial charge in [0.2, 0.25) is 17.6 Å². The molecule has 0 unspecified atom stereocenters. The van der Waals surface area contributed by atoms with Gasteiger partial charge in [0.15, 0.2) is 9.75 Å². The second kappa shape index (κ2) is 5.21. The van der Waals surface area contributed by atoms with Crippen molar-refractivity contribution in [2.24, 2.45) is 11.8 Å². The fraction of sp³-hybridized carbons (Fsp3) is 0.474. The number of hydrogen-bond donors (Lipinski definition) is 1. The molecule has 4 atom stereocenters. The zero-order valence-electron chi connectivity index (χ0n) is 15.6. The van der Waals surface area contributed by atoms with E-state index in [2.05, 4.69) is 5.32 Å². The third kappa shape index (κ3) is 1.60. The first kappa shape index (κ1) is 18.2. The number of methoxy groups -OCH3 is 2. The standard InChI is InChI=1S/C19H17Cl2N3O4/c1-7-5-9-10(6-8(7)2)23-14-13(22-9)17(20)11-12(16(26)24-15(11)25)18(14,21)19(17,27-3)28-4/h5-6,11-12H,1-4H3,(H,24,25,26)/t11-,12+,17+,18-. The Labute approximate surface area is 170 Å². The maximum Gasteiger partial charge on any atom is 0.232 e. The molecular formula is C19H17Cl2N3O4. The summed E-state index contributed by atoms with van der Waals surface area (Å²) in [7, 11) is 2.78. The molecule has 3 aliphatic rings. The molecule has 2 aliphatic carbocycles. The Morgan fingerprint density at radius 2 is 1.29 bits per heavy atom. The first-order valence-corrected chi connectivity index (χ1v) is 9.55. The highest BCUT2D eigenvalue weighted by atomic mass is 35.5. The summed E-state index contributed by atoms with van der Waals surface area (Å²) in [5.74, 6) is -4.68. The zero-order valence-corrected chi connectivity index (χ0v) is 17.1. The largest absolute Gasteiger partial charge is 0.349 e. The molecule has 2 bridgehead atoms. The fourth-order valence-corrected chi connectivity index (χ4v) is 6.55. The highest BCUT2D eigenvalue weighted by Crippen LogP contribution is 2.76. The van der Waals surface area contributed by atoms with Crippen LogP contribution in [0, 0.1) is 25.7 Å². The number of carbonyl (C=O) groups excluding carboxylic acids is 2. The molecule has 1 aromatic heterocycles. The van der Waals surface area contributed by atoms with E-state index < -0.39 is 39.2 Å². The van der Waals surface area contributed by atoms with Crippen molar-refractivity contribution in [1.82, 2.24) is 15.3 Å². The minimum absolute atomic E-state index is 0.315. The smallest absolute Gasteiger partial charge is 0.232 e. The van der Waals surface area contributed by atoms with Crippen LogP contribution in [0.1, 0.15) is 22.5 Å². The van der Waals surface area contributed by atoms with Crippen LogP contribution in [0.2, 0.25) is 0 Å². The van der Waals surface area contributed by atoms with Gasteiger partial charge in [0.1, 0.15) is 0 Å². The second-order valence-electron chi connectivity index (χ2n) is 7.60. The molecule has 1 aromatic carbocycles. The molecule has 1 N–H and O–H groups in total. The molecule has 7 nitrogen and oxygen atoms in total. The van der Waals surface area contributed by atoms with Gasteiger partial charge in [-0.05, 0) is 37.1 Å². The van der Waals surface area contributed by atoms with E-state index in [-0.39, 0.29) is 0 Å². The third-order valence-corrected chi connectivity index (χ3v) is 7.83. The summed E-state index contributed by atoms with van der Waals surface area (Å²) < 4.78 is 11.5. The summed E-state index contributed by atoms with van der Waals surface area (Å²) >= 11 is 14.2. The van der Waals surface area contributed by atoms with E-state index in [4.69, 9.17) is 42.6 Å². The van der Waals surface area contributed by atoms with Crippen molar-refractivity contribution < 1.29 is 19.1 Å². The number of nitrogens with one attached hydrogen (secondary N) is 1. The molecule has 2 aromatic rings. The lowest BCUT2D eigenvalue weighted by molar-refractivity contribution is -0.238. The second-order valence-corrected chi connectivity index (χ2v) is 8.80. The van der Waals surface area contributed by atoms with Gasteiger partial charge in [0, 0.05) is 14.2 Å². The summed E-state index contributed by atoms with van der Waals surface area (Å²) in [5, 5.41) is 2.34. The van der Waals surface area contributed by atoms with Gasteiger partial charge in [-0.15, -0.1) is 23.2 Å². The van der Waals surface area contributed by atoms with Crippen molar-refractivity contribution in [1.29, 1.82) is 0 Å². The van der Waals surface area contributed by atoms with Crippen LogP contribution >= 0.6 is 23.2 Å². The van der Waals surface area contributed by atoms with Crippen LogP contribution in [0.3, 0.4) is 0 Å². The number of alkyl halides is 2. The third-order valence-electron chi connectivity index (χ3n) is 6.50. The molecule has 9 heteroatoms. The molecule has 0 spiro atoms. The molecule has 2 heterocycles. The van der Waals surface area contributed by atoms with Crippen molar-refractivity contribution in [3.63, 3.8) is 0 Å². The summed E-state index contributed by atoms with van der Waals surface area (Å²) in [6.07, 6.45) is 0. The van der Waals surface area contributed by atoms with Gasteiger partial charge >= 0.3 is 0 Å². The lowest BCUT2D eigenvalue weighted by Gasteiger charge is -2.40. The summed E-state index contributed by atoms with van der Waals surface area (Å²) in [4.78, 5) is 31.6. The average molecular weight is 422 g/mol. The minimum Gasteiger partial charge on any atom is -0.349 e. The topological polar surface area (TPSA) is 90.4 Å². The minimum atomic E-state index is -1.68. The molecule has 1 aliphatic heterocycles. The highest BCUT2D eigenvalue weighted by molar-refractivity contribution is 6.36. The van der Waals surface area contributed by atoms with Crippen LogP contribution in [0.15, 0.2) is 12.1 Å². The first-order valence-electron chi connectivity index (χ1n) is 8.80. The predicted molar refractivity (Wildman–Crippen MR) is 101 cm³/mol. The van der Waals surface area contributed by atoms with Gasteiger partial charge in [-0.25, -0.2) is 9.97 Å². The zero-order chi connectivity index (χ0) is 20.2. The number of ether oxygens (including phenoxy) is 2. The Bertz CT molecular complexity index is 1020. The van der Waals surface area contributed by atoms with Crippen molar-refractivity contribution in [2.75, 3.05) is 14.2 Å². The number of imide groups is 1. The van der Waals surface area contributed by atoms with Gasteiger partial charge < -0.3 is 9.47 Å². The number of fused-ring (bicyclic) bond motifs is 9. The molecule has 2 fully saturated rings. The van der Waals surface area contributed by atoms with Crippen LogP contribution in [-0.4, -0.2) is 41.8 Å². The van der Waals surface area contributed by atoms with Crippen LogP contribution in [-0.2, 0) is 28.8 Å². The quantitative estimate of drug-likeness (QED) is 0.453. The van der Waals surface area contributed by atoms with E-state index in [0.29, 0.717) is 22.4 Å². The van der Waals surface area contributed by atoms with E-state index in [0.717, 1.165) is 11.1 Å². The molecule has 146 valence electrons. The fourth-order valence-electron chi connectivity index (χ4n) is 5.18. The molecule has 1 saturated carbocycles. The van der Waals surface area contributed by atoms with Crippen LogP contribution in [0.5, 0.6) is 0 Å². The SMILES string of the molecule is COC1(OC)[C@@]2(Cl)c3nc4cc(C)c(C)cc4nc3[C@]1(Cl)[C@@H]1C(=O)NC(=O)[C@@H]12. The average Bonchev–Trinajstić information content (AvgIpc) is 3.11. The van der Waals surface area contributed by atoms with Gasteiger partial charge in [-0.3, -0.25) is 14.9 Å². The van der Waals surface area contributed by atoms with Crippen molar-refractivity contribution in [2.45, 2.75) is 29.4 Å². The molecular weight excluding hydrogens is 405 g/mol. The molecule has 28 heavy (non-hydrogen) atoms. The maximum atomic E-state index is 12.7. The number of aromatic nitrogens is 2. The number of aryl methyl sites for hydroxylation is 2. The summed E-state index contributed by atoms with van der Waals surface area (Å²) in [5.41, 5.74) is 3.97. The maximum absolute atomic E-state index is 12.7. The van der Waals surface area contributed by atoms with E-state index >= 15 is 0 Å². The van der Waals surface area contributed by atoms with E-state index in [1.54, 1.807) is 0 Å². The Balaban J connectivity index is 1.93. The Hall–Kier alpha value is -1.80. The van der Waals surface area contributed by atoms with Crippen LogP contribution in [0.4, 0.5) is 0 Å². The molecule has 2 amide bonds. The molecule has 5 rings (SSSR count). The van der Waals surface area contributed by atoms with E-state index in [1.807, 2.05) is 26.0 Å². The molecule has 0 radical (unpaired) electrons. The summed E-state index contributed by atoms with van der Waals surface area (Å²) in [6, 6.07) is 3.81. The predicted octanol–water partition coefficient (Wildman–Crippen LogP) is 2.02. The van der Waals surface area contributed by atoms with Crippen molar-refractivity contribution >= 4 is 46.0 Å². The number of benzene rings is 1. The van der Waals surface area contributed by atoms with Crippen molar-refractivity contribution in [3.8, 4) is 0 Å². The first-order chi connectivity index (χ1) is 13.2. The van der Waals surface area contributed by atoms with Crippen LogP contribution in [0.25, 0.3) is 11.0 Å². The lowest BCUT2D eigenvalue weighted by Crippen LogP contribution is -2.56. The lowest BCUT2D eigenvalue weighted by atomic mass is 9.80. The number of rotatable bonds is 2. The summed E-state index contributed by atoms with van der Waals surface area (Å²) in [6.45, 7) is 3.95. The van der Waals surface area contributed by atoms with Gasteiger partial charge in [0.25, 0.3) is 0 Å². The number of carbonyl (C=O) groups is 2. The monoisotopic (exact) mass is 421 g/mol. The molecule has 1 saturated heterocycles. The number of hydrogen-bond acceptors (Lipinski definition) is 6. The Kier molecular flexibility index (Phi) is 3.40. The van der Waals surface area contributed by atoms with Crippen LogP contribution < -0.4 is 5.32 Å². The van der Waals surface area contributed by atoms with Crippen molar-refractivity contribution in [3.05, 3.63) is 34.6 Å². The number of amides is 2. The van der Waals surface area contributed by atoms with E-state index in [9.17, 15) is 9.59 Å². The van der Waals surface area contributed by atoms with E-state index in [1.165, 1.54) is 14.2 Å². The number of halogens is 2. The Morgan fingerprint density at radius 1 is 0.893 bits per heavy atom. The Morgan fingerprint density at radius 3 is 1.64 bits per heavy atom. The van der Waals surface area contributed by atoms with Gasteiger partial charge in [-0.1, -0.05) is 0 Å². The number of nitrogens with zero attached hydrogens (tertiary/aromatic N) is 2. The highest BCUT2D eigenvalue weighted by Gasteiger charge is 2.89. The van der Waals surface area contributed by atoms with Gasteiger partial charge in [-0.2, -0.15) is 0 Å². The van der Waals surface area contributed by atoms with Gasteiger partial charge in [0.05, 0.1) is 34.3 Å². The normalized spacial score (nSPS) is 34.6.